The van der Waals surface area contributed by atoms with Crippen LogP contribution in [0.5, 0.6) is 0 Å². The average molecular weight is 253 g/mol. The minimum Gasteiger partial charge on any atom is -0.326 e. The van der Waals surface area contributed by atoms with Gasteiger partial charge in [-0.2, -0.15) is 0 Å². The summed E-state index contributed by atoms with van der Waals surface area (Å²) >= 11 is 0. The number of nitrogens with one attached hydrogen (secondary N) is 1. The Morgan fingerprint density at radius 1 is 1.00 bits per heavy atom. The van der Waals surface area contributed by atoms with Crippen molar-refractivity contribution >= 4 is 11.6 Å². The molecule has 0 atom stereocenters. The largest absolute Gasteiger partial charge is 0.326 e. The van der Waals surface area contributed by atoms with E-state index in [0.717, 1.165) is 16.8 Å². The van der Waals surface area contributed by atoms with Gasteiger partial charge in [0.2, 0.25) is 5.91 Å². The van der Waals surface area contributed by atoms with E-state index in [1.165, 1.54) is 11.1 Å². The molecule has 0 bridgehead atoms. The van der Waals surface area contributed by atoms with Gasteiger partial charge in [-0.3, -0.25) is 4.79 Å². The number of anilines is 1. The molecule has 0 aromatic heterocycles. The number of benzene rings is 2. The molecule has 0 spiro atoms. The van der Waals surface area contributed by atoms with E-state index in [1.807, 2.05) is 50.2 Å². The van der Waals surface area contributed by atoms with Crippen LogP contribution in [-0.2, 0) is 11.2 Å². The predicted molar refractivity (Wildman–Crippen MR) is 79.4 cm³/mol. The Bertz CT molecular complexity index is 602. The smallest absolute Gasteiger partial charge is 0.228 e. The quantitative estimate of drug-likeness (QED) is 0.885. The summed E-state index contributed by atoms with van der Waals surface area (Å²) in [6, 6.07) is 14.0. The third kappa shape index (κ3) is 3.68. The third-order valence-electron chi connectivity index (χ3n) is 3.15. The summed E-state index contributed by atoms with van der Waals surface area (Å²) in [6.07, 6.45) is 0.417. The molecule has 0 aliphatic rings. The zero-order chi connectivity index (χ0) is 13.8. The average Bonchev–Trinajstić information content (AvgIpc) is 2.33. The molecule has 1 amide bonds. The molecule has 0 aliphatic heterocycles. The molecule has 0 fully saturated rings. The zero-order valence-corrected chi connectivity index (χ0v) is 11.7. The monoisotopic (exact) mass is 253 g/mol. The lowest BCUT2D eigenvalue weighted by molar-refractivity contribution is -0.115. The normalized spacial score (nSPS) is 10.3. The van der Waals surface area contributed by atoms with Crippen molar-refractivity contribution in [3.8, 4) is 0 Å². The van der Waals surface area contributed by atoms with Crippen LogP contribution in [0.3, 0.4) is 0 Å². The lowest BCUT2D eigenvalue weighted by Gasteiger charge is -2.08. The maximum atomic E-state index is 12.0. The van der Waals surface area contributed by atoms with Crippen LogP contribution in [0.2, 0.25) is 0 Å². The highest BCUT2D eigenvalue weighted by Gasteiger charge is 2.06. The highest BCUT2D eigenvalue weighted by Crippen LogP contribution is 2.13. The molecule has 2 nitrogen and oxygen atoms in total. The van der Waals surface area contributed by atoms with E-state index in [-0.39, 0.29) is 5.91 Å². The molecule has 98 valence electrons. The molecule has 0 heterocycles. The van der Waals surface area contributed by atoms with Crippen molar-refractivity contribution in [2.24, 2.45) is 0 Å². The molecule has 0 saturated heterocycles. The van der Waals surface area contributed by atoms with Crippen molar-refractivity contribution < 1.29 is 4.79 Å². The van der Waals surface area contributed by atoms with E-state index >= 15 is 0 Å². The number of hydrogen-bond donors (Lipinski definition) is 1. The van der Waals surface area contributed by atoms with E-state index in [9.17, 15) is 4.79 Å². The predicted octanol–water partition coefficient (Wildman–Crippen LogP) is 3.79. The Morgan fingerprint density at radius 2 is 1.74 bits per heavy atom. The van der Waals surface area contributed by atoms with Crippen LogP contribution in [0.25, 0.3) is 0 Å². The molecule has 0 aliphatic carbocycles. The fraction of sp³-hybridized carbons (Fsp3) is 0.235. The summed E-state index contributed by atoms with van der Waals surface area (Å²) in [7, 11) is 0. The van der Waals surface area contributed by atoms with Crippen molar-refractivity contribution in [2.75, 3.05) is 5.32 Å². The number of carbonyl (C=O) groups is 1. The van der Waals surface area contributed by atoms with E-state index in [1.54, 1.807) is 0 Å². The SMILES string of the molecule is Cc1cccc(NC(=O)Cc2ccc(C)cc2C)c1. The lowest BCUT2D eigenvalue weighted by Crippen LogP contribution is -2.15. The summed E-state index contributed by atoms with van der Waals surface area (Å²) in [4.78, 5) is 12.0. The van der Waals surface area contributed by atoms with Gasteiger partial charge < -0.3 is 5.32 Å². The van der Waals surface area contributed by atoms with Crippen molar-refractivity contribution in [1.82, 2.24) is 0 Å². The first-order valence-electron chi connectivity index (χ1n) is 6.47. The molecule has 2 aromatic carbocycles. The Kier molecular flexibility index (Phi) is 4.00. The number of hydrogen-bond acceptors (Lipinski definition) is 1. The van der Waals surface area contributed by atoms with Crippen LogP contribution >= 0.6 is 0 Å². The van der Waals surface area contributed by atoms with Gasteiger partial charge >= 0.3 is 0 Å². The molecular formula is C17H19NO. The molecule has 0 unspecified atom stereocenters. The van der Waals surface area contributed by atoms with Crippen LogP contribution in [-0.4, -0.2) is 5.91 Å². The summed E-state index contributed by atoms with van der Waals surface area (Å²) in [5, 5.41) is 2.93. The molecule has 2 aromatic rings. The Labute approximate surface area is 114 Å². The summed E-state index contributed by atoms with van der Waals surface area (Å²) in [5.74, 6) is 0.0255. The van der Waals surface area contributed by atoms with Gasteiger partial charge in [0, 0.05) is 5.69 Å². The topological polar surface area (TPSA) is 29.1 Å². The molecule has 1 N–H and O–H groups in total. The first-order chi connectivity index (χ1) is 9.04. The van der Waals surface area contributed by atoms with E-state index in [4.69, 9.17) is 0 Å². The fourth-order valence-corrected chi connectivity index (χ4v) is 2.15. The van der Waals surface area contributed by atoms with Crippen LogP contribution in [0, 0.1) is 20.8 Å². The second-order valence-corrected chi connectivity index (χ2v) is 5.02. The first kappa shape index (κ1) is 13.3. The fourth-order valence-electron chi connectivity index (χ4n) is 2.15. The highest BCUT2D eigenvalue weighted by atomic mass is 16.1. The van der Waals surface area contributed by atoms with Crippen molar-refractivity contribution in [1.29, 1.82) is 0 Å². The minimum absolute atomic E-state index is 0.0255. The molecule has 19 heavy (non-hydrogen) atoms. The van der Waals surface area contributed by atoms with Gasteiger partial charge in [0.25, 0.3) is 0 Å². The van der Waals surface area contributed by atoms with Crippen molar-refractivity contribution in [2.45, 2.75) is 27.2 Å². The van der Waals surface area contributed by atoms with Crippen LogP contribution in [0.1, 0.15) is 22.3 Å². The van der Waals surface area contributed by atoms with Crippen LogP contribution < -0.4 is 5.32 Å². The van der Waals surface area contributed by atoms with Gasteiger partial charge in [-0.05, 0) is 49.6 Å². The first-order valence-corrected chi connectivity index (χ1v) is 6.47. The van der Waals surface area contributed by atoms with Crippen molar-refractivity contribution in [3.05, 3.63) is 64.7 Å². The number of carbonyl (C=O) groups excluding carboxylic acids is 1. The number of aryl methyl sites for hydroxylation is 3. The second kappa shape index (κ2) is 5.70. The summed E-state index contributed by atoms with van der Waals surface area (Å²) < 4.78 is 0. The molecule has 2 rings (SSSR count). The van der Waals surface area contributed by atoms with Gasteiger partial charge in [-0.1, -0.05) is 35.9 Å². The minimum atomic E-state index is 0.0255. The lowest BCUT2D eigenvalue weighted by atomic mass is 10.0. The molecular weight excluding hydrogens is 234 g/mol. The molecule has 0 radical (unpaired) electrons. The summed E-state index contributed by atoms with van der Waals surface area (Å²) in [6.45, 7) is 6.12. The van der Waals surface area contributed by atoms with Crippen molar-refractivity contribution in [3.63, 3.8) is 0 Å². The van der Waals surface area contributed by atoms with E-state index < -0.39 is 0 Å². The number of rotatable bonds is 3. The highest BCUT2D eigenvalue weighted by molar-refractivity contribution is 5.92. The Hall–Kier alpha value is -2.09. The Balaban J connectivity index is 2.05. The third-order valence-corrected chi connectivity index (χ3v) is 3.15. The van der Waals surface area contributed by atoms with Gasteiger partial charge in [-0.25, -0.2) is 0 Å². The maximum absolute atomic E-state index is 12.0. The number of amides is 1. The van der Waals surface area contributed by atoms with Gasteiger partial charge in [0.05, 0.1) is 6.42 Å². The summed E-state index contributed by atoms with van der Waals surface area (Å²) in [5.41, 5.74) is 5.47. The maximum Gasteiger partial charge on any atom is 0.228 e. The Morgan fingerprint density at radius 3 is 2.42 bits per heavy atom. The second-order valence-electron chi connectivity index (χ2n) is 5.02. The van der Waals surface area contributed by atoms with Gasteiger partial charge in [0.1, 0.15) is 0 Å². The van der Waals surface area contributed by atoms with Crippen LogP contribution in [0.4, 0.5) is 5.69 Å². The van der Waals surface area contributed by atoms with Gasteiger partial charge in [-0.15, -0.1) is 0 Å². The molecule has 0 saturated carbocycles. The van der Waals surface area contributed by atoms with E-state index in [2.05, 4.69) is 18.3 Å². The van der Waals surface area contributed by atoms with Gasteiger partial charge in [0.15, 0.2) is 0 Å². The zero-order valence-electron chi connectivity index (χ0n) is 11.7. The molecule has 2 heteroatoms. The van der Waals surface area contributed by atoms with Crippen LogP contribution in [0.15, 0.2) is 42.5 Å². The standard InChI is InChI=1S/C17H19NO/c1-12-5-4-6-16(10-12)18-17(19)11-15-8-7-13(2)9-14(15)3/h4-10H,11H2,1-3H3,(H,18,19). The van der Waals surface area contributed by atoms with E-state index in [0.29, 0.717) is 6.42 Å².